The van der Waals surface area contributed by atoms with Crippen LogP contribution in [0.25, 0.3) is 0 Å². The minimum atomic E-state index is -0.948. The van der Waals surface area contributed by atoms with Gasteiger partial charge in [-0.1, -0.05) is 6.07 Å². The standard InChI is InChI=1S/C13H19N3O3/c1-9(17)16-13(2,3)12(19)14-8-7-10-5-4-6-11(18)15-10/h4-6H,7-8H2,1-3H3,(H,14,19)(H,15,18)(H,16,17). The lowest BCUT2D eigenvalue weighted by atomic mass is 10.0. The summed E-state index contributed by atoms with van der Waals surface area (Å²) in [6.45, 7) is 5.02. The average molecular weight is 265 g/mol. The fraction of sp³-hybridized carbons (Fsp3) is 0.462. The van der Waals surface area contributed by atoms with Crippen LogP contribution in [0.5, 0.6) is 0 Å². The number of amides is 2. The number of aromatic nitrogens is 1. The van der Waals surface area contributed by atoms with E-state index in [9.17, 15) is 14.4 Å². The molecule has 1 rings (SSSR count). The van der Waals surface area contributed by atoms with Gasteiger partial charge < -0.3 is 15.6 Å². The molecule has 0 spiro atoms. The van der Waals surface area contributed by atoms with Crippen molar-refractivity contribution in [2.75, 3.05) is 6.54 Å². The van der Waals surface area contributed by atoms with Crippen molar-refractivity contribution in [3.8, 4) is 0 Å². The normalized spacial score (nSPS) is 10.9. The van der Waals surface area contributed by atoms with Gasteiger partial charge >= 0.3 is 0 Å². The van der Waals surface area contributed by atoms with Crippen molar-refractivity contribution in [2.45, 2.75) is 32.7 Å². The van der Waals surface area contributed by atoms with Crippen LogP contribution in [0.2, 0.25) is 0 Å². The van der Waals surface area contributed by atoms with Crippen molar-refractivity contribution >= 4 is 11.8 Å². The molecule has 104 valence electrons. The van der Waals surface area contributed by atoms with Crippen molar-refractivity contribution in [3.05, 3.63) is 34.2 Å². The van der Waals surface area contributed by atoms with Gasteiger partial charge in [0.1, 0.15) is 5.54 Å². The van der Waals surface area contributed by atoms with E-state index in [0.717, 1.165) is 5.69 Å². The Morgan fingerprint density at radius 2 is 2.00 bits per heavy atom. The monoisotopic (exact) mass is 265 g/mol. The van der Waals surface area contributed by atoms with Crippen molar-refractivity contribution in [3.63, 3.8) is 0 Å². The van der Waals surface area contributed by atoms with Gasteiger partial charge in [-0.3, -0.25) is 14.4 Å². The molecule has 1 aromatic rings. The Morgan fingerprint density at radius 3 is 2.58 bits per heavy atom. The maximum atomic E-state index is 11.9. The first kappa shape index (κ1) is 14.9. The first-order valence-electron chi connectivity index (χ1n) is 6.06. The summed E-state index contributed by atoms with van der Waals surface area (Å²) in [5.74, 6) is -0.520. The van der Waals surface area contributed by atoms with Crippen molar-refractivity contribution in [1.82, 2.24) is 15.6 Å². The summed E-state index contributed by atoms with van der Waals surface area (Å²) in [4.78, 5) is 36.6. The molecular formula is C13H19N3O3. The molecule has 0 fully saturated rings. The van der Waals surface area contributed by atoms with Gasteiger partial charge in [0.05, 0.1) is 0 Å². The van der Waals surface area contributed by atoms with Crippen LogP contribution in [0.1, 0.15) is 26.5 Å². The molecule has 0 saturated heterocycles. The lowest BCUT2D eigenvalue weighted by molar-refractivity contribution is -0.131. The number of pyridine rings is 1. The number of hydrogen-bond donors (Lipinski definition) is 3. The van der Waals surface area contributed by atoms with Gasteiger partial charge in [0.15, 0.2) is 0 Å². The molecular weight excluding hydrogens is 246 g/mol. The molecule has 1 heterocycles. The van der Waals surface area contributed by atoms with E-state index in [1.165, 1.54) is 13.0 Å². The van der Waals surface area contributed by atoms with E-state index in [4.69, 9.17) is 0 Å². The van der Waals surface area contributed by atoms with E-state index in [-0.39, 0.29) is 17.4 Å². The zero-order valence-corrected chi connectivity index (χ0v) is 11.4. The van der Waals surface area contributed by atoms with E-state index in [0.29, 0.717) is 13.0 Å². The van der Waals surface area contributed by atoms with E-state index in [1.54, 1.807) is 26.0 Å². The molecule has 2 amide bonds. The lowest BCUT2D eigenvalue weighted by Gasteiger charge is -2.24. The Hall–Kier alpha value is -2.11. The third-order valence-corrected chi connectivity index (χ3v) is 2.56. The first-order chi connectivity index (χ1) is 8.81. The zero-order chi connectivity index (χ0) is 14.5. The minimum absolute atomic E-state index is 0.164. The van der Waals surface area contributed by atoms with Crippen molar-refractivity contribution < 1.29 is 9.59 Å². The Kier molecular flexibility index (Phi) is 4.86. The summed E-state index contributed by atoms with van der Waals surface area (Å²) < 4.78 is 0. The van der Waals surface area contributed by atoms with E-state index < -0.39 is 5.54 Å². The Morgan fingerprint density at radius 1 is 1.32 bits per heavy atom. The Labute approximate surface area is 111 Å². The SMILES string of the molecule is CC(=O)NC(C)(C)C(=O)NCCc1cccc(=O)[nH]1. The highest BCUT2D eigenvalue weighted by atomic mass is 16.2. The molecule has 0 aliphatic rings. The van der Waals surface area contributed by atoms with E-state index in [2.05, 4.69) is 15.6 Å². The van der Waals surface area contributed by atoms with Gasteiger partial charge in [-0.05, 0) is 19.9 Å². The topological polar surface area (TPSA) is 91.1 Å². The van der Waals surface area contributed by atoms with Gasteiger partial charge in [0.25, 0.3) is 0 Å². The molecule has 6 heteroatoms. The van der Waals surface area contributed by atoms with Crippen LogP contribution in [0, 0.1) is 0 Å². The minimum Gasteiger partial charge on any atom is -0.354 e. The molecule has 1 aromatic heterocycles. The predicted molar refractivity (Wildman–Crippen MR) is 71.7 cm³/mol. The van der Waals surface area contributed by atoms with Crippen molar-refractivity contribution in [1.29, 1.82) is 0 Å². The van der Waals surface area contributed by atoms with Crippen LogP contribution in [-0.2, 0) is 16.0 Å². The van der Waals surface area contributed by atoms with Crippen molar-refractivity contribution in [2.24, 2.45) is 0 Å². The van der Waals surface area contributed by atoms with Crippen LogP contribution in [0.3, 0.4) is 0 Å². The second-order valence-electron chi connectivity index (χ2n) is 4.85. The molecule has 0 aromatic carbocycles. The molecule has 0 radical (unpaired) electrons. The van der Waals surface area contributed by atoms with Crippen LogP contribution in [0.15, 0.2) is 23.0 Å². The van der Waals surface area contributed by atoms with Gasteiger partial charge in [0, 0.05) is 31.6 Å². The fourth-order valence-electron chi connectivity index (χ4n) is 1.67. The Bertz CT molecular complexity index is 520. The summed E-state index contributed by atoms with van der Waals surface area (Å²) in [5.41, 5.74) is -0.358. The molecule has 19 heavy (non-hydrogen) atoms. The molecule has 3 N–H and O–H groups in total. The van der Waals surface area contributed by atoms with Gasteiger partial charge in [-0.25, -0.2) is 0 Å². The summed E-state index contributed by atoms with van der Waals surface area (Å²) in [6.07, 6.45) is 0.526. The number of hydrogen-bond acceptors (Lipinski definition) is 3. The highest BCUT2D eigenvalue weighted by Crippen LogP contribution is 2.01. The molecule has 0 aliphatic carbocycles. The van der Waals surface area contributed by atoms with E-state index >= 15 is 0 Å². The molecule has 6 nitrogen and oxygen atoms in total. The predicted octanol–water partition coefficient (Wildman–Crippen LogP) is -0.0517. The van der Waals surface area contributed by atoms with Gasteiger partial charge in [-0.15, -0.1) is 0 Å². The average Bonchev–Trinajstić information content (AvgIpc) is 2.27. The highest BCUT2D eigenvalue weighted by Gasteiger charge is 2.27. The summed E-state index contributed by atoms with van der Waals surface area (Å²) >= 11 is 0. The quantitative estimate of drug-likeness (QED) is 0.697. The van der Waals surface area contributed by atoms with E-state index in [1.807, 2.05) is 0 Å². The summed E-state index contributed by atoms with van der Waals surface area (Å²) in [7, 11) is 0. The first-order valence-corrected chi connectivity index (χ1v) is 6.06. The number of aromatic amines is 1. The second-order valence-corrected chi connectivity index (χ2v) is 4.85. The van der Waals surface area contributed by atoms with Crippen LogP contribution < -0.4 is 16.2 Å². The summed E-state index contributed by atoms with van der Waals surface area (Å²) in [6, 6.07) is 4.88. The molecule has 0 saturated carbocycles. The number of carbonyl (C=O) groups is 2. The third kappa shape index (κ3) is 4.95. The summed E-state index contributed by atoms with van der Waals surface area (Å²) in [5, 5.41) is 5.29. The smallest absolute Gasteiger partial charge is 0.248 e. The number of carbonyl (C=O) groups excluding carboxylic acids is 2. The molecule has 0 bridgehead atoms. The third-order valence-electron chi connectivity index (χ3n) is 2.56. The maximum Gasteiger partial charge on any atom is 0.248 e. The Balaban J connectivity index is 2.47. The molecule has 0 aliphatic heterocycles. The largest absolute Gasteiger partial charge is 0.354 e. The van der Waals surface area contributed by atoms with Crippen LogP contribution in [-0.4, -0.2) is 28.9 Å². The molecule has 0 atom stereocenters. The number of H-pyrrole nitrogens is 1. The second kappa shape index (κ2) is 6.17. The van der Waals surface area contributed by atoms with Crippen LogP contribution in [0.4, 0.5) is 0 Å². The molecule has 0 unspecified atom stereocenters. The number of nitrogens with one attached hydrogen (secondary N) is 3. The van der Waals surface area contributed by atoms with Gasteiger partial charge in [0.2, 0.25) is 17.4 Å². The lowest BCUT2D eigenvalue weighted by Crippen LogP contribution is -2.54. The number of rotatable bonds is 5. The zero-order valence-electron chi connectivity index (χ0n) is 11.4. The maximum absolute atomic E-state index is 11.9. The van der Waals surface area contributed by atoms with Crippen LogP contribution >= 0.6 is 0 Å². The highest BCUT2D eigenvalue weighted by molar-refractivity contribution is 5.90. The van der Waals surface area contributed by atoms with Gasteiger partial charge in [-0.2, -0.15) is 0 Å². The fourth-order valence-corrected chi connectivity index (χ4v) is 1.67.